The van der Waals surface area contributed by atoms with Gasteiger partial charge in [0.15, 0.2) is 0 Å². The Hall–Kier alpha value is -3.82. The molecule has 2 heterocycles. The zero-order valence-electron chi connectivity index (χ0n) is 24.5. The quantitative estimate of drug-likeness (QED) is 0.192. The topological polar surface area (TPSA) is 25.8 Å². The van der Waals surface area contributed by atoms with E-state index in [9.17, 15) is 61.5 Å². The highest BCUT2D eigenvalue weighted by molar-refractivity contribution is 7.15. The summed E-state index contributed by atoms with van der Waals surface area (Å²) in [5.41, 5.74) is -17.0. The Morgan fingerprint density at radius 2 is 0.706 bits per heavy atom. The molecule has 5 rings (SSSR count). The van der Waals surface area contributed by atoms with Crippen LogP contribution in [-0.2, 0) is 24.7 Å². The Labute approximate surface area is 280 Å². The van der Waals surface area contributed by atoms with E-state index in [0.717, 1.165) is 13.8 Å². The van der Waals surface area contributed by atoms with Crippen molar-refractivity contribution in [1.82, 2.24) is 9.97 Å². The Morgan fingerprint density at radius 1 is 0.451 bits per heavy atom. The third-order valence-electron chi connectivity index (χ3n) is 7.40. The Kier molecular flexibility index (Phi) is 8.73. The number of benzene rings is 2. The van der Waals surface area contributed by atoms with Crippen molar-refractivity contribution in [3.63, 3.8) is 0 Å². The highest BCUT2D eigenvalue weighted by Crippen LogP contribution is 2.65. The fourth-order valence-electron chi connectivity index (χ4n) is 5.02. The highest BCUT2D eigenvalue weighted by Gasteiger charge is 2.81. The van der Waals surface area contributed by atoms with Gasteiger partial charge in [0.05, 0.1) is 44.8 Å². The molecule has 0 aliphatic heterocycles. The molecule has 4 aromatic rings. The molecule has 2 aromatic carbocycles. The van der Waals surface area contributed by atoms with Crippen molar-refractivity contribution in [3.8, 4) is 21.1 Å². The molecule has 0 fully saturated rings. The van der Waals surface area contributed by atoms with E-state index in [2.05, 4.69) is 9.97 Å². The maximum atomic E-state index is 15.5. The van der Waals surface area contributed by atoms with Crippen LogP contribution in [0.5, 0.6) is 0 Å². The first-order valence-corrected chi connectivity index (χ1v) is 15.0. The van der Waals surface area contributed by atoms with E-state index in [0.29, 0.717) is 0 Å². The van der Waals surface area contributed by atoms with Gasteiger partial charge in [0.1, 0.15) is 10.0 Å². The van der Waals surface area contributed by atoms with Crippen LogP contribution in [0.4, 0.5) is 79.0 Å². The fraction of sp³-hybridized carbons (Fsp3) is 0.310. The number of aromatic nitrogens is 2. The van der Waals surface area contributed by atoms with E-state index < -0.39 is 118 Å². The van der Waals surface area contributed by atoms with E-state index in [1.54, 1.807) is 0 Å². The number of thiazole rings is 2. The molecule has 2 nitrogen and oxygen atoms in total. The summed E-state index contributed by atoms with van der Waals surface area (Å²) < 4.78 is 253. The highest BCUT2D eigenvalue weighted by atomic mass is 32.1. The first-order valence-electron chi connectivity index (χ1n) is 13.3. The van der Waals surface area contributed by atoms with Gasteiger partial charge in [-0.15, -0.1) is 22.7 Å². The van der Waals surface area contributed by atoms with Crippen molar-refractivity contribution in [3.05, 3.63) is 79.8 Å². The first-order chi connectivity index (χ1) is 22.9. The molecule has 0 unspecified atom stereocenters. The fourth-order valence-corrected chi connectivity index (χ4v) is 6.83. The molecule has 0 N–H and O–H groups in total. The van der Waals surface area contributed by atoms with E-state index in [1.165, 1.54) is 0 Å². The van der Waals surface area contributed by atoms with Crippen LogP contribution in [-0.4, -0.2) is 27.7 Å². The summed E-state index contributed by atoms with van der Waals surface area (Å²) in [5, 5.41) is -1.86. The van der Waals surface area contributed by atoms with Crippen LogP contribution in [0.2, 0.25) is 0 Å². The van der Waals surface area contributed by atoms with Gasteiger partial charge in [-0.2, -0.15) is 79.0 Å². The van der Waals surface area contributed by atoms with Gasteiger partial charge in [-0.1, -0.05) is 0 Å². The molecule has 1 aliphatic carbocycles. The zero-order valence-corrected chi connectivity index (χ0v) is 26.1. The lowest BCUT2D eigenvalue weighted by molar-refractivity contribution is -0.254. The number of halogens is 18. The van der Waals surface area contributed by atoms with Crippen molar-refractivity contribution >= 4 is 33.8 Å². The minimum Gasteiger partial charge on any atom is -0.236 e. The molecule has 0 amide bonds. The van der Waals surface area contributed by atoms with Crippen LogP contribution in [0.25, 0.3) is 32.3 Å². The number of hydrogen-bond donors (Lipinski definition) is 0. The van der Waals surface area contributed by atoms with Crippen LogP contribution in [0, 0.1) is 13.8 Å². The predicted molar refractivity (Wildman–Crippen MR) is 146 cm³/mol. The molecule has 276 valence electrons. The third-order valence-corrected chi connectivity index (χ3v) is 9.44. The largest absolute Gasteiger partial charge is 0.416 e. The first kappa shape index (κ1) is 38.4. The second-order valence-electron chi connectivity index (χ2n) is 10.9. The molecule has 0 spiro atoms. The molecule has 0 radical (unpaired) electrons. The molecule has 22 heteroatoms. The van der Waals surface area contributed by atoms with Gasteiger partial charge in [-0.25, -0.2) is 9.97 Å². The maximum absolute atomic E-state index is 15.5. The van der Waals surface area contributed by atoms with E-state index in [1.807, 2.05) is 0 Å². The molecule has 0 atom stereocenters. The van der Waals surface area contributed by atoms with Crippen molar-refractivity contribution in [2.45, 2.75) is 56.3 Å². The van der Waals surface area contributed by atoms with Crippen LogP contribution >= 0.6 is 22.7 Å². The van der Waals surface area contributed by atoms with Crippen molar-refractivity contribution in [2.24, 2.45) is 0 Å². The molecule has 2 aromatic heterocycles. The molecule has 1 aliphatic rings. The number of nitrogens with zero attached hydrogens (tertiary/aromatic N) is 2. The van der Waals surface area contributed by atoms with E-state index >= 15 is 17.6 Å². The van der Waals surface area contributed by atoms with E-state index in [4.69, 9.17) is 0 Å². The van der Waals surface area contributed by atoms with Gasteiger partial charge >= 0.3 is 42.5 Å². The van der Waals surface area contributed by atoms with Gasteiger partial charge in [-0.05, 0) is 50.2 Å². The summed E-state index contributed by atoms with van der Waals surface area (Å²) in [5.74, 6) is -18.1. The zero-order chi connectivity index (χ0) is 38.7. The standard InChI is InChI=1S/C29H12F18N2S2/c1-9-19(48-21(50-9)11-3-13(25(34,35)36)7-14(4-11)26(37,38)39)17-18(24(32,33)29(46,47)23(17,30)31)20-10(2)51-22(49-20)12-5-15(27(40,41)42)8-16(6-12)28(43,44)45/h3-8H,1-2H3. The Balaban J connectivity index is 1.78. The Morgan fingerprint density at radius 3 is 0.941 bits per heavy atom. The molecule has 0 saturated heterocycles. The summed E-state index contributed by atoms with van der Waals surface area (Å²) >= 11 is 0.143. The number of rotatable bonds is 4. The lowest BCUT2D eigenvalue weighted by atomic mass is 10.0. The number of allylic oxidation sites excluding steroid dienone is 2. The molecular weight excluding hydrogens is 782 g/mol. The van der Waals surface area contributed by atoms with Crippen LogP contribution < -0.4 is 0 Å². The van der Waals surface area contributed by atoms with Gasteiger partial charge in [0.2, 0.25) is 0 Å². The number of alkyl halides is 18. The average Bonchev–Trinajstić information content (AvgIpc) is 3.57. The third kappa shape index (κ3) is 6.45. The monoisotopic (exact) mass is 794 g/mol. The summed E-state index contributed by atoms with van der Waals surface area (Å²) in [6.45, 7) is 1.59. The molecule has 51 heavy (non-hydrogen) atoms. The second kappa shape index (κ2) is 11.6. The Bertz CT molecular complexity index is 1850. The average molecular weight is 795 g/mol. The molecule has 0 saturated carbocycles. The van der Waals surface area contributed by atoms with Crippen LogP contribution in [0.3, 0.4) is 0 Å². The normalized spacial score (nSPS) is 17.8. The van der Waals surface area contributed by atoms with E-state index in [-0.39, 0.29) is 59.1 Å². The van der Waals surface area contributed by atoms with Crippen molar-refractivity contribution in [1.29, 1.82) is 0 Å². The summed E-state index contributed by atoms with van der Waals surface area (Å²) in [7, 11) is 0. The molecular formula is C29H12F18N2S2. The smallest absolute Gasteiger partial charge is 0.236 e. The lowest BCUT2D eigenvalue weighted by Gasteiger charge is -2.25. The van der Waals surface area contributed by atoms with Gasteiger partial charge < -0.3 is 0 Å². The van der Waals surface area contributed by atoms with Crippen LogP contribution in [0.1, 0.15) is 43.4 Å². The summed E-state index contributed by atoms with van der Waals surface area (Å²) in [6.07, 6.45) is -21.6. The molecule has 0 bridgehead atoms. The minimum atomic E-state index is -6.31. The second-order valence-corrected chi connectivity index (χ2v) is 13.3. The van der Waals surface area contributed by atoms with Crippen molar-refractivity contribution < 1.29 is 79.0 Å². The van der Waals surface area contributed by atoms with Crippen molar-refractivity contribution in [2.75, 3.05) is 0 Å². The number of aryl methyl sites for hydroxylation is 2. The predicted octanol–water partition coefficient (Wildman–Crippen LogP) is 12.5. The SMILES string of the molecule is Cc1sc(-c2cc(C(F)(F)F)cc(C(F)(F)F)c2)nc1C1=C(c2nc(-c3cc(C(F)(F)F)cc(C(F)(F)F)c3)sc2C)C(F)(F)C(F)(F)C1(F)F. The number of hydrogen-bond acceptors (Lipinski definition) is 4. The van der Waals surface area contributed by atoms with Gasteiger partial charge in [0, 0.05) is 20.9 Å². The maximum Gasteiger partial charge on any atom is 0.416 e. The van der Waals surface area contributed by atoms with Gasteiger partial charge in [0.25, 0.3) is 0 Å². The summed E-state index contributed by atoms with van der Waals surface area (Å²) in [6, 6.07) is -0.119. The lowest BCUT2D eigenvalue weighted by Crippen LogP contribution is -2.49. The minimum absolute atomic E-state index is 0.0713. The van der Waals surface area contributed by atoms with Gasteiger partial charge in [-0.3, -0.25) is 0 Å². The summed E-state index contributed by atoms with van der Waals surface area (Å²) in [4.78, 5) is 5.61. The van der Waals surface area contributed by atoms with Crippen LogP contribution in [0.15, 0.2) is 36.4 Å².